The van der Waals surface area contributed by atoms with Crippen LogP contribution in [0, 0.1) is 0 Å². The van der Waals surface area contributed by atoms with Crippen LogP contribution in [-0.4, -0.2) is 14.8 Å². The summed E-state index contributed by atoms with van der Waals surface area (Å²) in [6.07, 6.45) is 5.32. The highest BCUT2D eigenvalue weighted by Gasteiger charge is 2.03. The fourth-order valence-electron chi connectivity index (χ4n) is 0.890. The van der Waals surface area contributed by atoms with E-state index in [2.05, 4.69) is 10.2 Å². The lowest BCUT2D eigenvalue weighted by molar-refractivity contribution is 0.229. The monoisotopic (exact) mass is 137 g/mol. The maximum Gasteiger partial charge on any atom is 0.171 e. The number of ether oxygens (including phenoxy) is 1. The first-order chi connectivity index (χ1) is 4.97. The van der Waals surface area contributed by atoms with E-state index in [0.717, 1.165) is 12.4 Å². The zero-order valence-electron chi connectivity index (χ0n) is 5.40. The summed E-state index contributed by atoms with van der Waals surface area (Å²) < 4.78 is 7.02. The lowest BCUT2D eigenvalue weighted by atomic mass is 10.6. The van der Waals surface area contributed by atoms with Crippen LogP contribution in [0.2, 0.25) is 0 Å². The van der Waals surface area contributed by atoms with E-state index in [0.29, 0.717) is 6.61 Å². The molecule has 0 atom stereocenters. The summed E-state index contributed by atoms with van der Waals surface area (Å²) in [6.45, 7) is 1.33. The molecule has 0 amide bonds. The van der Waals surface area contributed by atoms with E-state index >= 15 is 0 Å². The van der Waals surface area contributed by atoms with Crippen LogP contribution in [0.4, 0.5) is 0 Å². The number of nitrogens with zero attached hydrogens (tertiary/aromatic N) is 3. The molecule has 0 bridgehead atoms. The minimum atomic E-state index is 0.524. The highest BCUT2D eigenvalue weighted by atomic mass is 16.5. The Kier molecular flexibility index (Phi) is 1.16. The van der Waals surface area contributed by atoms with Crippen LogP contribution in [0.1, 0.15) is 5.82 Å². The van der Waals surface area contributed by atoms with Crippen molar-refractivity contribution in [2.45, 2.75) is 13.2 Å². The second-order valence-corrected chi connectivity index (χ2v) is 2.08. The van der Waals surface area contributed by atoms with Gasteiger partial charge in [0.15, 0.2) is 5.82 Å². The van der Waals surface area contributed by atoms with Gasteiger partial charge in [-0.2, -0.15) is 0 Å². The Balaban J connectivity index is 2.37. The van der Waals surface area contributed by atoms with Gasteiger partial charge in [-0.3, -0.25) is 0 Å². The summed E-state index contributed by atoms with van der Waals surface area (Å²) in [5.74, 6) is 0.880. The van der Waals surface area contributed by atoms with E-state index in [9.17, 15) is 0 Å². The molecule has 0 fully saturated rings. The number of hydrogen-bond donors (Lipinski definition) is 0. The first kappa shape index (κ1) is 5.46. The zero-order valence-corrected chi connectivity index (χ0v) is 5.40. The lowest BCUT2D eigenvalue weighted by Crippen LogP contribution is -1.98. The molecule has 0 saturated carbocycles. The fraction of sp³-hybridized carbons (Fsp3) is 0.333. The van der Waals surface area contributed by atoms with Gasteiger partial charge >= 0.3 is 0 Å². The molecule has 0 radical (unpaired) electrons. The molecule has 1 aliphatic heterocycles. The average molecular weight is 137 g/mol. The first-order valence-electron chi connectivity index (χ1n) is 3.10. The highest BCUT2D eigenvalue weighted by Crippen LogP contribution is 2.02. The molecule has 0 aromatic carbocycles. The van der Waals surface area contributed by atoms with Gasteiger partial charge in [-0.1, -0.05) is 0 Å². The third-order valence-electron chi connectivity index (χ3n) is 1.40. The van der Waals surface area contributed by atoms with Gasteiger partial charge in [-0.05, 0) is 6.08 Å². The Morgan fingerprint density at radius 3 is 3.60 bits per heavy atom. The fourth-order valence-corrected chi connectivity index (χ4v) is 0.890. The van der Waals surface area contributed by atoms with Crippen LogP contribution in [0.15, 0.2) is 18.7 Å². The van der Waals surface area contributed by atoms with Crippen LogP contribution in [0.3, 0.4) is 0 Å². The molecule has 4 nitrogen and oxygen atoms in total. The summed E-state index contributed by atoms with van der Waals surface area (Å²) >= 11 is 0. The van der Waals surface area contributed by atoms with E-state index in [-0.39, 0.29) is 0 Å². The smallest absolute Gasteiger partial charge is 0.171 e. The summed E-state index contributed by atoms with van der Waals surface area (Å²) in [5.41, 5.74) is 0. The van der Waals surface area contributed by atoms with Gasteiger partial charge in [0, 0.05) is 6.54 Å². The minimum Gasteiger partial charge on any atom is -0.493 e. The van der Waals surface area contributed by atoms with Gasteiger partial charge in [-0.25, -0.2) is 0 Å². The molecule has 2 heterocycles. The van der Waals surface area contributed by atoms with Crippen molar-refractivity contribution in [2.24, 2.45) is 0 Å². The second-order valence-electron chi connectivity index (χ2n) is 2.08. The third kappa shape index (κ3) is 0.775. The van der Waals surface area contributed by atoms with Crippen molar-refractivity contribution in [3.05, 3.63) is 24.5 Å². The van der Waals surface area contributed by atoms with E-state index in [1.165, 1.54) is 0 Å². The van der Waals surface area contributed by atoms with Crippen molar-refractivity contribution >= 4 is 0 Å². The molecule has 0 saturated heterocycles. The molecule has 1 aromatic heterocycles. The van der Waals surface area contributed by atoms with Crippen molar-refractivity contribution in [3.63, 3.8) is 0 Å². The summed E-state index contributed by atoms with van der Waals surface area (Å²) in [4.78, 5) is 0. The molecule has 0 unspecified atom stereocenters. The summed E-state index contributed by atoms with van der Waals surface area (Å²) in [6, 6.07) is 0. The van der Waals surface area contributed by atoms with Gasteiger partial charge in [-0.15, -0.1) is 10.2 Å². The van der Waals surface area contributed by atoms with Crippen molar-refractivity contribution in [2.75, 3.05) is 0 Å². The van der Waals surface area contributed by atoms with E-state index in [4.69, 9.17) is 4.74 Å². The third-order valence-corrected chi connectivity index (χ3v) is 1.40. The molecule has 0 spiro atoms. The predicted octanol–water partition coefficient (Wildman–Crippen LogP) is 0.322. The molecule has 0 aliphatic carbocycles. The Hall–Kier alpha value is -1.32. The standard InChI is InChI=1S/C6H7N3O/c1-2-9-5-7-8-6(9)4-10-3-1/h1,3,5H,2,4H2. The van der Waals surface area contributed by atoms with E-state index in [1.807, 2.05) is 10.6 Å². The molecular formula is C6H7N3O. The van der Waals surface area contributed by atoms with Crippen molar-refractivity contribution in [1.29, 1.82) is 0 Å². The topological polar surface area (TPSA) is 39.9 Å². The van der Waals surface area contributed by atoms with Crippen molar-refractivity contribution in [3.8, 4) is 0 Å². The molecule has 2 rings (SSSR count). The molecule has 4 heteroatoms. The quantitative estimate of drug-likeness (QED) is 0.517. The highest BCUT2D eigenvalue weighted by molar-refractivity contribution is 4.90. The Morgan fingerprint density at radius 2 is 2.60 bits per heavy atom. The van der Waals surface area contributed by atoms with Crippen LogP contribution in [-0.2, 0) is 17.9 Å². The van der Waals surface area contributed by atoms with Crippen LogP contribution < -0.4 is 0 Å². The molecular weight excluding hydrogens is 130 g/mol. The van der Waals surface area contributed by atoms with Gasteiger partial charge in [0.2, 0.25) is 0 Å². The van der Waals surface area contributed by atoms with Crippen molar-refractivity contribution in [1.82, 2.24) is 14.8 Å². The van der Waals surface area contributed by atoms with E-state index in [1.54, 1.807) is 12.6 Å². The molecule has 0 N–H and O–H groups in total. The van der Waals surface area contributed by atoms with Gasteiger partial charge in [0.1, 0.15) is 12.9 Å². The molecule has 10 heavy (non-hydrogen) atoms. The SMILES string of the molecule is C1=COCc2nncn2C1. The normalized spacial score (nSPS) is 15.6. The van der Waals surface area contributed by atoms with E-state index < -0.39 is 0 Å². The largest absolute Gasteiger partial charge is 0.493 e. The Morgan fingerprint density at radius 1 is 1.60 bits per heavy atom. The van der Waals surface area contributed by atoms with Gasteiger partial charge < -0.3 is 9.30 Å². The number of fused-ring (bicyclic) bond motifs is 1. The Labute approximate surface area is 58.1 Å². The van der Waals surface area contributed by atoms with Gasteiger partial charge in [0.25, 0.3) is 0 Å². The first-order valence-corrected chi connectivity index (χ1v) is 3.10. The van der Waals surface area contributed by atoms with Crippen LogP contribution in [0.5, 0.6) is 0 Å². The maximum absolute atomic E-state index is 5.08. The molecule has 52 valence electrons. The molecule has 1 aromatic rings. The average Bonchev–Trinajstić information content (AvgIpc) is 2.28. The van der Waals surface area contributed by atoms with Crippen molar-refractivity contribution < 1.29 is 4.74 Å². The Bertz CT molecular complexity index is 253. The van der Waals surface area contributed by atoms with Crippen LogP contribution >= 0.6 is 0 Å². The number of aromatic nitrogens is 3. The number of rotatable bonds is 0. The minimum absolute atomic E-state index is 0.524. The van der Waals surface area contributed by atoms with Gasteiger partial charge in [0.05, 0.1) is 6.26 Å². The lowest BCUT2D eigenvalue weighted by Gasteiger charge is -1.96. The number of hydrogen-bond acceptors (Lipinski definition) is 3. The zero-order chi connectivity index (χ0) is 6.81. The molecule has 1 aliphatic rings. The summed E-state index contributed by atoms with van der Waals surface area (Å²) in [5, 5.41) is 7.61. The predicted molar refractivity (Wildman–Crippen MR) is 34.0 cm³/mol. The summed E-state index contributed by atoms with van der Waals surface area (Å²) in [7, 11) is 0. The number of allylic oxidation sites excluding steroid dienone is 1. The second kappa shape index (κ2) is 2.13. The maximum atomic E-state index is 5.08. The van der Waals surface area contributed by atoms with Crippen LogP contribution in [0.25, 0.3) is 0 Å².